The molecule has 0 saturated heterocycles. The number of carbonyl (C=O) groups excluding carboxylic acids is 2. The average Bonchev–Trinajstić information content (AvgIpc) is 3.35. The fraction of sp³-hybridized carbons (Fsp3) is 0.310. The first-order valence-electron chi connectivity index (χ1n) is 12.3. The number of benzene rings is 2. The largest absolute Gasteiger partial charge is 0.469 e. The zero-order valence-electron chi connectivity index (χ0n) is 19.8. The zero-order chi connectivity index (χ0) is 24.4. The van der Waals surface area contributed by atoms with Gasteiger partial charge in [0.15, 0.2) is 5.78 Å². The maximum atomic E-state index is 13.8. The number of nitrogens with one attached hydrogen (secondary N) is 1. The molecule has 0 unspecified atom stereocenters. The summed E-state index contributed by atoms with van der Waals surface area (Å²) in [5.41, 5.74) is 3.97. The zero-order valence-corrected chi connectivity index (χ0v) is 20.6. The number of amides is 1. The Balaban J connectivity index is 1.66. The molecule has 1 aromatic heterocycles. The molecule has 35 heavy (non-hydrogen) atoms. The molecule has 6 heteroatoms. The number of halogens is 1. The lowest BCUT2D eigenvalue weighted by atomic mass is 9.80. The standard InChI is InChI=1S/C29H29ClN2O3/c1-2-3-4-11-27(34)32-24-9-6-5-8-22(24)31-23-17-20(26-10-7-16-35-26)18-25(33)28(23)29(32)19-12-14-21(30)15-13-19/h5-10,12-16,20,29,31H,2-4,11,17-18H2,1H3/t20-,29-/m1/s1. The summed E-state index contributed by atoms with van der Waals surface area (Å²) in [7, 11) is 0. The number of rotatable bonds is 6. The Hall–Kier alpha value is -3.31. The van der Waals surface area contributed by atoms with Gasteiger partial charge in [-0.1, -0.05) is 55.6 Å². The molecule has 5 rings (SSSR count). The van der Waals surface area contributed by atoms with Crippen molar-refractivity contribution in [2.75, 3.05) is 10.2 Å². The fourth-order valence-corrected chi connectivity index (χ4v) is 5.32. The minimum atomic E-state index is -0.530. The Morgan fingerprint density at radius 2 is 1.86 bits per heavy atom. The van der Waals surface area contributed by atoms with Gasteiger partial charge in [0.25, 0.3) is 0 Å². The molecule has 180 valence electrons. The number of Topliss-reactive ketones (excluding diaryl/α,β-unsaturated/α-hetero) is 1. The third kappa shape index (κ3) is 4.65. The Labute approximate surface area is 210 Å². The highest BCUT2D eigenvalue weighted by atomic mass is 35.5. The second kappa shape index (κ2) is 10.1. The van der Waals surface area contributed by atoms with Crippen molar-refractivity contribution >= 4 is 34.7 Å². The number of ketones is 1. The average molecular weight is 489 g/mol. The van der Waals surface area contributed by atoms with Gasteiger partial charge >= 0.3 is 0 Å². The molecule has 1 amide bonds. The molecule has 2 aromatic carbocycles. The SMILES string of the molecule is CCCCCC(=O)N1c2ccccc2NC2=C(C(=O)C[C@H](c3ccco3)C2)[C@H]1c1ccc(Cl)cc1. The van der Waals surface area contributed by atoms with E-state index in [2.05, 4.69) is 12.2 Å². The second-order valence-corrected chi connectivity index (χ2v) is 9.69. The van der Waals surface area contributed by atoms with Crippen LogP contribution in [0.25, 0.3) is 0 Å². The number of furan rings is 1. The number of hydrogen-bond donors (Lipinski definition) is 1. The molecule has 2 atom stereocenters. The van der Waals surface area contributed by atoms with Crippen molar-refractivity contribution < 1.29 is 14.0 Å². The lowest BCUT2D eigenvalue weighted by molar-refractivity contribution is -0.119. The van der Waals surface area contributed by atoms with Gasteiger partial charge in [-0.25, -0.2) is 0 Å². The third-order valence-electron chi connectivity index (χ3n) is 6.88. The first-order chi connectivity index (χ1) is 17.1. The summed E-state index contributed by atoms with van der Waals surface area (Å²) in [6.07, 6.45) is 5.88. The number of hydrogen-bond acceptors (Lipinski definition) is 4. The molecule has 0 fully saturated rings. The van der Waals surface area contributed by atoms with E-state index >= 15 is 0 Å². The molecule has 0 radical (unpaired) electrons. The van der Waals surface area contributed by atoms with Crippen LogP contribution in [0.1, 0.15) is 68.7 Å². The summed E-state index contributed by atoms with van der Waals surface area (Å²) in [5.74, 6) is 0.801. The van der Waals surface area contributed by atoms with Crippen LogP contribution in [0.15, 0.2) is 82.6 Å². The summed E-state index contributed by atoms with van der Waals surface area (Å²) in [6.45, 7) is 2.12. The van der Waals surface area contributed by atoms with Crippen molar-refractivity contribution in [3.05, 3.63) is 94.5 Å². The van der Waals surface area contributed by atoms with E-state index in [0.717, 1.165) is 47.7 Å². The van der Waals surface area contributed by atoms with Crippen molar-refractivity contribution in [3.63, 3.8) is 0 Å². The van der Waals surface area contributed by atoms with Crippen LogP contribution in [0, 0.1) is 0 Å². The smallest absolute Gasteiger partial charge is 0.227 e. The highest BCUT2D eigenvalue weighted by molar-refractivity contribution is 6.30. The van der Waals surface area contributed by atoms with E-state index in [1.807, 2.05) is 65.6 Å². The molecule has 0 bridgehead atoms. The highest BCUT2D eigenvalue weighted by Gasteiger charge is 2.41. The molecule has 1 N–H and O–H groups in total. The number of para-hydroxylation sites is 2. The number of nitrogens with zero attached hydrogens (tertiary/aromatic N) is 1. The molecule has 2 aliphatic rings. The number of fused-ring (bicyclic) bond motifs is 1. The van der Waals surface area contributed by atoms with E-state index in [4.69, 9.17) is 16.0 Å². The van der Waals surface area contributed by atoms with Crippen LogP contribution in [0.5, 0.6) is 0 Å². The Morgan fingerprint density at radius 1 is 1.06 bits per heavy atom. The second-order valence-electron chi connectivity index (χ2n) is 9.25. The van der Waals surface area contributed by atoms with Crippen LogP contribution in [-0.2, 0) is 9.59 Å². The van der Waals surface area contributed by atoms with Crippen LogP contribution in [0.3, 0.4) is 0 Å². The van der Waals surface area contributed by atoms with Crippen LogP contribution in [0.2, 0.25) is 5.02 Å². The van der Waals surface area contributed by atoms with Gasteiger partial charge in [-0.3, -0.25) is 14.5 Å². The number of unbranched alkanes of at least 4 members (excludes halogenated alkanes) is 2. The monoisotopic (exact) mass is 488 g/mol. The quantitative estimate of drug-likeness (QED) is 0.367. The van der Waals surface area contributed by atoms with Crippen LogP contribution >= 0.6 is 11.6 Å². The highest BCUT2D eigenvalue weighted by Crippen LogP contribution is 2.47. The molecule has 0 spiro atoms. The summed E-state index contributed by atoms with van der Waals surface area (Å²) in [6, 6.07) is 18.5. The topological polar surface area (TPSA) is 62.6 Å². The molecule has 1 aliphatic heterocycles. The predicted molar refractivity (Wildman–Crippen MR) is 139 cm³/mol. The molecular weight excluding hydrogens is 460 g/mol. The van der Waals surface area contributed by atoms with Crippen molar-refractivity contribution in [1.82, 2.24) is 0 Å². The normalized spacial score (nSPS) is 19.6. The van der Waals surface area contributed by atoms with Gasteiger partial charge in [0, 0.05) is 35.1 Å². The molecule has 2 heterocycles. The minimum absolute atomic E-state index is 0.0161. The molecule has 3 aromatic rings. The Kier molecular flexibility index (Phi) is 6.78. The molecular formula is C29H29ClN2O3. The lowest BCUT2D eigenvalue weighted by Gasteiger charge is -2.35. The van der Waals surface area contributed by atoms with Crippen molar-refractivity contribution in [3.8, 4) is 0 Å². The maximum Gasteiger partial charge on any atom is 0.227 e. The summed E-state index contributed by atoms with van der Waals surface area (Å²) >= 11 is 6.21. The predicted octanol–water partition coefficient (Wildman–Crippen LogP) is 7.41. The molecule has 5 nitrogen and oxygen atoms in total. The van der Waals surface area contributed by atoms with Crippen LogP contribution in [0.4, 0.5) is 11.4 Å². The van der Waals surface area contributed by atoms with Crippen LogP contribution in [-0.4, -0.2) is 11.7 Å². The molecule has 0 saturated carbocycles. The fourth-order valence-electron chi connectivity index (χ4n) is 5.20. The van der Waals surface area contributed by atoms with Gasteiger partial charge in [-0.2, -0.15) is 0 Å². The third-order valence-corrected chi connectivity index (χ3v) is 7.13. The van der Waals surface area contributed by atoms with E-state index < -0.39 is 6.04 Å². The van der Waals surface area contributed by atoms with Crippen molar-refractivity contribution in [2.24, 2.45) is 0 Å². The van der Waals surface area contributed by atoms with Gasteiger partial charge < -0.3 is 9.73 Å². The van der Waals surface area contributed by atoms with Gasteiger partial charge in [0.05, 0.1) is 23.7 Å². The van der Waals surface area contributed by atoms with Gasteiger partial charge in [0.1, 0.15) is 5.76 Å². The van der Waals surface area contributed by atoms with Gasteiger partial charge in [-0.15, -0.1) is 0 Å². The Bertz CT molecular complexity index is 1250. The lowest BCUT2D eigenvalue weighted by Crippen LogP contribution is -2.38. The van der Waals surface area contributed by atoms with E-state index in [-0.39, 0.29) is 17.6 Å². The van der Waals surface area contributed by atoms with E-state index in [1.165, 1.54) is 0 Å². The summed E-state index contributed by atoms with van der Waals surface area (Å²) < 4.78 is 5.66. The van der Waals surface area contributed by atoms with E-state index in [1.54, 1.807) is 6.26 Å². The number of allylic oxidation sites excluding steroid dienone is 1. The Morgan fingerprint density at radius 3 is 2.60 bits per heavy atom. The van der Waals surface area contributed by atoms with Crippen molar-refractivity contribution in [1.29, 1.82) is 0 Å². The summed E-state index contributed by atoms with van der Waals surface area (Å²) in [5, 5.41) is 4.16. The molecule has 1 aliphatic carbocycles. The number of anilines is 2. The van der Waals surface area contributed by atoms with Gasteiger partial charge in [-0.05, 0) is 54.8 Å². The van der Waals surface area contributed by atoms with Crippen molar-refractivity contribution in [2.45, 2.75) is 57.4 Å². The van der Waals surface area contributed by atoms with Crippen LogP contribution < -0.4 is 10.2 Å². The maximum absolute atomic E-state index is 13.8. The van der Waals surface area contributed by atoms with E-state index in [0.29, 0.717) is 29.9 Å². The number of carbonyl (C=O) groups is 2. The first kappa shape index (κ1) is 23.4. The minimum Gasteiger partial charge on any atom is -0.469 e. The first-order valence-corrected chi connectivity index (χ1v) is 12.7. The van der Waals surface area contributed by atoms with E-state index in [9.17, 15) is 9.59 Å². The summed E-state index contributed by atoms with van der Waals surface area (Å²) in [4.78, 5) is 29.4. The van der Waals surface area contributed by atoms with Gasteiger partial charge in [0.2, 0.25) is 5.91 Å².